The van der Waals surface area contributed by atoms with Gasteiger partial charge in [-0.05, 0) is 34.7 Å². The summed E-state index contributed by atoms with van der Waals surface area (Å²) in [5.41, 5.74) is 0.623. The van der Waals surface area contributed by atoms with E-state index in [0.717, 1.165) is 5.56 Å². The third kappa shape index (κ3) is 2.81. The van der Waals surface area contributed by atoms with Crippen molar-refractivity contribution in [3.05, 3.63) is 60.3 Å². The first-order chi connectivity index (χ1) is 8.09. The average molecular weight is 381 g/mol. The van der Waals surface area contributed by atoms with Crippen LogP contribution in [0.4, 0.5) is 0 Å². The van der Waals surface area contributed by atoms with Gasteiger partial charge in [0.2, 0.25) is 0 Å². The highest BCUT2D eigenvalue weighted by Gasteiger charge is 2.08. The molecule has 0 atom stereocenters. The van der Waals surface area contributed by atoms with Crippen LogP contribution in [0.2, 0.25) is 10.0 Å². The molecule has 0 bridgehead atoms. The first-order valence-corrected chi connectivity index (χ1v) is 6.56. The second kappa shape index (κ2) is 5.37. The maximum atomic E-state index is 11.8. The van der Waals surface area contributed by atoms with E-state index in [9.17, 15) is 4.79 Å². The van der Waals surface area contributed by atoms with Crippen molar-refractivity contribution in [1.82, 2.24) is 9.55 Å². The van der Waals surface area contributed by atoms with E-state index < -0.39 is 0 Å². The van der Waals surface area contributed by atoms with E-state index in [1.807, 2.05) is 22.6 Å². The number of aromatic nitrogens is 2. The van der Waals surface area contributed by atoms with Gasteiger partial charge < -0.3 is 0 Å². The summed E-state index contributed by atoms with van der Waals surface area (Å²) in [7, 11) is 0. The lowest BCUT2D eigenvalue weighted by molar-refractivity contribution is 0.730. The van der Waals surface area contributed by atoms with Gasteiger partial charge >= 0.3 is 0 Å². The molecule has 0 aliphatic rings. The molecule has 0 unspecified atom stereocenters. The fraction of sp³-hybridized carbons (Fsp3) is 0.0909. The van der Waals surface area contributed by atoms with Gasteiger partial charge in [-0.25, -0.2) is 4.98 Å². The summed E-state index contributed by atoms with van der Waals surface area (Å²) in [6.07, 6.45) is 3.00. The minimum absolute atomic E-state index is 0.100. The molecule has 0 saturated carbocycles. The van der Waals surface area contributed by atoms with E-state index in [-0.39, 0.29) is 5.56 Å². The molecule has 0 saturated heterocycles. The Morgan fingerprint density at radius 2 is 1.94 bits per heavy atom. The average Bonchev–Trinajstić information content (AvgIpc) is 2.29. The zero-order valence-corrected chi connectivity index (χ0v) is 12.2. The molecule has 6 heteroatoms. The zero-order valence-electron chi connectivity index (χ0n) is 8.53. The molecule has 0 fully saturated rings. The number of hydrogen-bond acceptors (Lipinski definition) is 2. The molecule has 17 heavy (non-hydrogen) atoms. The lowest BCUT2D eigenvalue weighted by atomic mass is 10.2. The molecule has 0 radical (unpaired) electrons. The van der Waals surface area contributed by atoms with Crippen molar-refractivity contribution < 1.29 is 0 Å². The van der Waals surface area contributed by atoms with Crippen LogP contribution in [-0.4, -0.2) is 9.55 Å². The van der Waals surface area contributed by atoms with Gasteiger partial charge in [-0.15, -0.1) is 0 Å². The summed E-state index contributed by atoms with van der Waals surface area (Å²) < 4.78 is 2.04. The van der Waals surface area contributed by atoms with Gasteiger partial charge in [0.1, 0.15) is 0 Å². The maximum absolute atomic E-state index is 11.8. The van der Waals surface area contributed by atoms with Crippen LogP contribution in [0.3, 0.4) is 0 Å². The Bertz CT molecular complexity index is 592. The van der Waals surface area contributed by atoms with E-state index in [2.05, 4.69) is 4.98 Å². The number of rotatable bonds is 2. The summed E-state index contributed by atoms with van der Waals surface area (Å²) in [6, 6.07) is 5.26. The largest absolute Gasteiger partial charge is 0.294 e. The summed E-state index contributed by atoms with van der Waals surface area (Å²) >= 11 is 14.0. The monoisotopic (exact) mass is 380 g/mol. The zero-order chi connectivity index (χ0) is 12.4. The minimum Gasteiger partial charge on any atom is -0.294 e. The Morgan fingerprint density at radius 3 is 2.59 bits per heavy atom. The van der Waals surface area contributed by atoms with Crippen LogP contribution in [0.15, 0.2) is 35.5 Å². The Balaban J connectivity index is 2.45. The highest BCUT2D eigenvalue weighted by atomic mass is 127. The Morgan fingerprint density at radius 1 is 1.29 bits per heavy atom. The summed E-state index contributed by atoms with van der Waals surface area (Å²) in [5.74, 6) is 0. The smallest absolute Gasteiger partial charge is 0.267 e. The van der Waals surface area contributed by atoms with Gasteiger partial charge in [0.05, 0.1) is 16.4 Å². The molecule has 0 spiro atoms. The number of hydrogen-bond donors (Lipinski definition) is 0. The van der Waals surface area contributed by atoms with Gasteiger partial charge in [0.25, 0.3) is 5.56 Å². The van der Waals surface area contributed by atoms with Crippen molar-refractivity contribution in [2.75, 3.05) is 0 Å². The molecular weight excluding hydrogens is 374 g/mol. The van der Waals surface area contributed by atoms with E-state index in [4.69, 9.17) is 23.2 Å². The summed E-state index contributed by atoms with van der Waals surface area (Å²) in [5, 5.41) is 1.09. The predicted octanol–water partition coefficient (Wildman–Crippen LogP) is 3.20. The Hall–Kier alpha value is -0.590. The first-order valence-electron chi connectivity index (χ1n) is 4.72. The van der Waals surface area contributed by atoms with E-state index in [1.165, 1.54) is 17.1 Å². The number of nitrogens with zero attached hydrogens (tertiary/aromatic N) is 2. The Labute approximate surface area is 122 Å². The SMILES string of the molecule is O=c1c(I)cncn1Cc1c(Cl)cccc1Cl. The van der Waals surface area contributed by atoms with Crippen LogP contribution < -0.4 is 5.56 Å². The van der Waals surface area contributed by atoms with Crippen molar-refractivity contribution in [2.45, 2.75) is 6.54 Å². The molecule has 0 aliphatic carbocycles. The number of benzene rings is 1. The predicted molar refractivity (Wildman–Crippen MR) is 76.8 cm³/mol. The standard InChI is InChI=1S/C11H7Cl2IN2O/c12-8-2-1-3-9(13)7(8)5-16-6-15-4-10(14)11(16)17/h1-4,6H,5H2. The van der Waals surface area contributed by atoms with Gasteiger partial charge in [0, 0.05) is 21.8 Å². The number of halogens is 3. The molecule has 1 heterocycles. The highest BCUT2D eigenvalue weighted by Crippen LogP contribution is 2.24. The van der Waals surface area contributed by atoms with Crippen LogP contribution in [-0.2, 0) is 6.54 Å². The first kappa shape index (κ1) is 12.9. The topological polar surface area (TPSA) is 34.9 Å². The van der Waals surface area contributed by atoms with Crippen molar-refractivity contribution in [1.29, 1.82) is 0 Å². The van der Waals surface area contributed by atoms with Crippen molar-refractivity contribution in [3.63, 3.8) is 0 Å². The highest BCUT2D eigenvalue weighted by molar-refractivity contribution is 14.1. The van der Waals surface area contributed by atoms with Crippen LogP contribution in [0.25, 0.3) is 0 Å². The van der Waals surface area contributed by atoms with Crippen molar-refractivity contribution in [3.8, 4) is 0 Å². The third-order valence-electron chi connectivity index (χ3n) is 2.25. The quantitative estimate of drug-likeness (QED) is 0.750. The molecule has 2 aromatic rings. The second-order valence-corrected chi connectivity index (χ2v) is 5.35. The Kier molecular flexibility index (Phi) is 4.06. The molecule has 0 amide bonds. The van der Waals surface area contributed by atoms with Crippen LogP contribution in [0.1, 0.15) is 5.56 Å². The van der Waals surface area contributed by atoms with Gasteiger partial charge in [0.15, 0.2) is 0 Å². The fourth-order valence-corrected chi connectivity index (χ4v) is 2.38. The van der Waals surface area contributed by atoms with Crippen LogP contribution in [0, 0.1) is 3.57 Å². The summed E-state index contributed by atoms with van der Waals surface area (Å²) in [4.78, 5) is 15.8. The van der Waals surface area contributed by atoms with E-state index in [1.54, 1.807) is 18.2 Å². The fourth-order valence-electron chi connectivity index (χ4n) is 1.39. The van der Waals surface area contributed by atoms with Crippen molar-refractivity contribution >= 4 is 45.8 Å². The van der Waals surface area contributed by atoms with E-state index >= 15 is 0 Å². The van der Waals surface area contributed by atoms with E-state index in [0.29, 0.717) is 20.2 Å². The molecule has 0 aliphatic heterocycles. The third-order valence-corrected chi connectivity index (χ3v) is 3.70. The maximum Gasteiger partial charge on any atom is 0.267 e. The normalized spacial score (nSPS) is 10.5. The molecule has 3 nitrogen and oxygen atoms in total. The van der Waals surface area contributed by atoms with Crippen molar-refractivity contribution in [2.24, 2.45) is 0 Å². The van der Waals surface area contributed by atoms with Gasteiger partial charge in [-0.2, -0.15) is 0 Å². The summed E-state index contributed by atoms with van der Waals surface area (Å²) in [6.45, 7) is 0.321. The van der Waals surface area contributed by atoms with Gasteiger partial charge in [-0.3, -0.25) is 9.36 Å². The molecule has 2 rings (SSSR count). The lowest BCUT2D eigenvalue weighted by Crippen LogP contribution is -2.23. The lowest BCUT2D eigenvalue weighted by Gasteiger charge is -2.09. The molecule has 0 N–H and O–H groups in total. The molecule has 88 valence electrons. The van der Waals surface area contributed by atoms with Gasteiger partial charge in [-0.1, -0.05) is 29.3 Å². The molecular formula is C11H7Cl2IN2O. The van der Waals surface area contributed by atoms with Crippen LogP contribution >= 0.6 is 45.8 Å². The molecule has 1 aromatic heterocycles. The van der Waals surface area contributed by atoms with Crippen LogP contribution in [0.5, 0.6) is 0 Å². The molecule has 1 aromatic carbocycles. The minimum atomic E-state index is -0.100. The second-order valence-electron chi connectivity index (χ2n) is 3.37.